The first kappa shape index (κ1) is 24.4. The van der Waals surface area contributed by atoms with E-state index in [1.807, 2.05) is 4.90 Å². The van der Waals surface area contributed by atoms with Gasteiger partial charge >= 0.3 is 6.18 Å². The van der Waals surface area contributed by atoms with Gasteiger partial charge in [0.2, 0.25) is 0 Å². The third-order valence-corrected chi connectivity index (χ3v) is 6.48. The fourth-order valence-electron chi connectivity index (χ4n) is 4.38. The topological polar surface area (TPSA) is 64.1 Å². The molecule has 11 heteroatoms. The maximum Gasteiger partial charge on any atom is 0.419 e. The third kappa shape index (κ3) is 5.03. The lowest BCUT2D eigenvalue weighted by Gasteiger charge is -2.38. The Morgan fingerprint density at radius 2 is 1.47 bits per heavy atom. The van der Waals surface area contributed by atoms with Crippen LogP contribution in [0.1, 0.15) is 26.3 Å². The maximum absolute atomic E-state index is 13.6. The Kier molecular flexibility index (Phi) is 6.84. The smallest absolute Gasteiger partial charge is 0.390 e. The molecule has 2 aliphatic rings. The molecule has 2 atom stereocenters. The van der Waals surface area contributed by atoms with Gasteiger partial charge in [0.25, 0.3) is 11.8 Å². The summed E-state index contributed by atoms with van der Waals surface area (Å²) in [5, 5.41) is 11.1. The largest absolute Gasteiger partial charge is 0.419 e. The van der Waals surface area contributed by atoms with E-state index < -0.39 is 35.6 Å². The average Bonchev–Trinajstić information content (AvgIpc) is 3.20. The summed E-state index contributed by atoms with van der Waals surface area (Å²) in [6, 6.07) is 8.30. The van der Waals surface area contributed by atoms with Crippen molar-refractivity contribution in [3.63, 3.8) is 0 Å². The molecule has 2 fully saturated rings. The highest BCUT2D eigenvalue weighted by Crippen LogP contribution is 2.32. The molecule has 0 aromatic heterocycles. The van der Waals surface area contributed by atoms with E-state index >= 15 is 0 Å². The summed E-state index contributed by atoms with van der Waals surface area (Å²) < 4.78 is 52.6. The third-order valence-electron chi connectivity index (χ3n) is 6.23. The van der Waals surface area contributed by atoms with Gasteiger partial charge in [-0.25, -0.2) is 4.39 Å². The lowest BCUT2D eigenvalue weighted by atomic mass is 10.1. The SMILES string of the molecule is O=C(c1ccc(Cl)cc1)N1CCN([C@@H]2CN(C(=O)c3ccc(F)c(C(F)(F)F)c3)C[C@H]2O)CC1. The highest BCUT2D eigenvalue weighted by Gasteiger charge is 2.40. The Bertz CT molecular complexity index is 1070. The minimum absolute atomic E-state index is 0.0495. The molecule has 0 bridgehead atoms. The summed E-state index contributed by atoms with van der Waals surface area (Å²) in [5.74, 6) is -2.28. The molecule has 2 saturated heterocycles. The molecule has 1 N–H and O–H groups in total. The normalized spacial score (nSPS) is 21.7. The van der Waals surface area contributed by atoms with Crippen molar-refractivity contribution in [1.82, 2.24) is 14.7 Å². The Hall–Kier alpha value is -2.69. The molecule has 2 aliphatic heterocycles. The second kappa shape index (κ2) is 9.52. The zero-order chi connectivity index (χ0) is 24.6. The van der Waals surface area contributed by atoms with Crippen molar-refractivity contribution in [3.05, 3.63) is 70.0 Å². The molecule has 2 amide bonds. The molecule has 4 rings (SSSR count). The standard InChI is InChI=1S/C23H22ClF4N3O3/c24-16-4-1-14(2-5-16)21(33)30-9-7-29(8-10-30)19-12-31(13-20(19)32)22(34)15-3-6-18(25)17(11-15)23(26,27)28/h1-6,11,19-20,32H,7-10,12-13H2/t19-,20-/m1/s1. The first-order valence-corrected chi connectivity index (χ1v) is 11.1. The van der Waals surface area contributed by atoms with Crippen molar-refractivity contribution in [2.24, 2.45) is 0 Å². The number of aliphatic hydroxyl groups excluding tert-OH is 1. The van der Waals surface area contributed by atoms with E-state index in [0.29, 0.717) is 48.9 Å². The summed E-state index contributed by atoms with van der Waals surface area (Å²) in [4.78, 5) is 30.4. The molecule has 34 heavy (non-hydrogen) atoms. The van der Waals surface area contributed by atoms with E-state index in [1.54, 1.807) is 29.2 Å². The van der Waals surface area contributed by atoms with Crippen LogP contribution in [0.15, 0.2) is 42.5 Å². The van der Waals surface area contributed by atoms with E-state index in [4.69, 9.17) is 11.6 Å². The molecule has 182 valence electrons. The fourth-order valence-corrected chi connectivity index (χ4v) is 4.51. The predicted octanol–water partition coefficient (Wildman–Crippen LogP) is 3.14. The molecule has 0 spiro atoms. The molecule has 6 nitrogen and oxygen atoms in total. The second-order valence-electron chi connectivity index (χ2n) is 8.37. The van der Waals surface area contributed by atoms with Crippen molar-refractivity contribution in [1.29, 1.82) is 0 Å². The van der Waals surface area contributed by atoms with Crippen LogP contribution in [0.4, 0.5) is 17.6 Å². The number of likely N-dealkylation sites (tertiary alicyclic amines) is 1. The molecular formula is C23H22ClF4N3O3. The van der Waals surface area contributed by atoms with Gasteiger partial charge in [-0.05, 0) is 42.5 Å². The van der Waals surface area contributed by atoms with Gasteiger partial charge in [-0.3, -0.25) is 14.5 Å². The van der Waals surface area contributed by atoms with E-state index in [2.05, 4.69) is 0 Å². The van der Waals surface area contributed by atoms with Crippen molar-refractivity contribution in [3.8, 4) is 0 Å². The minimum Gasteiger partial charge on any atom is -0.390 e. The first-order valence-electron chi connectivity index (χ1n) is 10.7. The summed E-state index contributed by atoms with van der Waals surface area (Å²) in [7, 11) is 0. The molecule has 0 aliphatic carbocycles. The molecule has 2 aromatic rings. The number of amides is 2. The first-order chi connectivity index (χ1) is 16.0. The Morgan fingerprint density at radius 3 is 2.09 bits per heavy atom. The van der Waals surface area contributed by atoms with Crippen LogP contribution in [0, 0.1) is 5.82 Å². The van der Waals surface area contributed by atoms with Crippen LogP contribution in [-0.4, -0.2) is 83.0 Å². The molecule has 0 saturated carbocycles. The summed E-state index contributed by atoms with van der Waals surface area (Å²) in [6.45, 7) is 1.85. The number of hydrogen-bond acceptors (Lipinski definition) is 4. The average molecular weight is 500 g/mol. The van der Waals surface area contributed by atoms with E-state index in [0.717, 1.165) is 6.07 Å². The van der Waals surface area contributed by atoms with Gasteiger partial charge < -0.3 is 14.9 Å². The molecule has 0 unspecified atom stereocenters. The van der Waals surface area contributed by atoms with Gasteiger partial charge in [0.1, 0.15) is 5.82 Å². The molecular weight excluding hydrogens is 478 g/mol. The van der Waals surface area contributed by atoms with Crippen LogP contribution in [0.3, 0.4) is 0 Å². The van der Waals surface area contributed by atoms with Crippen LogP contribution in [0.25, 0.3) is 0 Å². The molecule has 0 radical (unpaired) electrons. The summed E-state index contributed by atoms with van der Waals surface area (Å²) in [6.07, 6.45) is -5.82. The summed E-state index contributed by atoms with van der Waals surface area (Å²) >= 11 is 5.87. The van der Waals surface area contributed by atoms with Gasteiger partial charge in [-0.2, -0.15) is 13.2 Å². The van der Waals surface area contributed by atoms with Crippen LogP contribution >= 0.6 is 11.6 Å². The number of carbonyl (C=O) groups excluding carboxylic acids is 2. The number of β-amino-alcohol motifs (C(OH)–C–C–N with tert-alkyl or cyclic N) is 1. The monoisotopic (exact) mass is 499 g/mol. The highest BCUT2D eigenvalue weighted by atomic mass is 35.5. The Balaban J connectivity index is 1.38. The Morgan fingerprint density at radius 1 is 0.882 bits per heavy atom. The predicted molar refractivity (Wildman–Crippen MR) is 116 cm³/mol. The fraction of sp³-hybridized carbons (Fsp3) is 0.391. The van der Waals surface area contributed by atoms with Crippen molar-refractivity contribution in [2.75, 3.05) is 39.3 Å². The zero-order valence-electron chi connectivity index (χ0n) is 17.9. The number of benzene rings is 2. The van der Waals surface area contributed by atoms with Crippen molar-refractivity contribution >= 4 is 23.4 Å². The van der Waals surface area contributed by atoms with Crippen molar-refractivity contribution < 1.29 is 32.3 Å². The second-order valence-corrected chi connectivity index (χ2v) is 8.81. The van der Waals surface area contributed by atoms with Gasteiger partial charge in [0, 0.05) is 55.4 Å². The number of hydrogen-bond donors (Lipinski definition) is 1. The lowest BCUT2D eigenvalue weighted by Crippen LogP contribution is -2.54. The van der Waals surface area contributed by atoms with Crippen molar-refractivity contribution in [2.45, 2.75) is 18.3 Å². The number of aliphatic hydroxyl groups is 1. The number of rotatable bonds is 3. The van der Waals surface area contributed by atoms with Gasteiger partial charge in [-0.1, -0.05) is 11.6 Å². The van der Waals surface area contributed by atoms with E-state index in [1.165, 1.54) is 4.90 Å². The maximum atomic E-state index is 13.6. The van der Waals surface area contributed by atoms with Gasteiger partial charge in [0.05, 0.1) is 17.7 Å². The van der Waals surface area contributed by atoms with E-state index in [9.17, 15) is 32.3 Å². The number of halogens is 5. The number of carbonyl (C=O) groups is 2. The molecule has 2 aromatic carbocycles. The van der Waals surface area contributed by atoms with Crippen LogP contribution in [-0.2, 0) is 6.18 Å². The zero-order valence-corrected chi connectivity index (χ0v) is 18.7. The minimum atomic E-state index is -4.92. The molecule has 2 heterocycles. The number of nitrogens with zero attached hydrogens (tertiary/aromatic N) is 3. The number of alkyl halides is 3. The van der Waals surface area contributed by atoms with Crippen LogP contribution < -0.4 is 0 Å². The quantitative estimate of drug-likeness (QED) is 0.659. The van der Waals surface area contributed by atoms with Gasteiger partial charge in [-0.15, -0.1) is 0 Å². The summed E-state index contributed by atoms with van der Waals surface area (Å²) in [5.41, 5.74) is -1.27. The number of piperazine rings is 1. The Labute approximate surface area is 198 Å². The van der Waals surface area contributed by atoms with Crippen LogP contribution in [0.5, 0.6) is 0 Å². The highest BCUT2D eigenvalue weighted by molar-refractivity contribution is 6.30. The van der Waals surface area contributed by atoms with Crippen LogP contribution in [0.2, 0.25) is 5.02 Å². The lowest BCUT2D eigenvalue weighted by molar-refractivity contribution is -0.140. The van der Waals surface area contributed by atoms with E-state index in [-0.39, 0.29) is 24.6 Å². The van der Waals surface area contributed by atoms with Gasteiger partial charge in [0.15, 0.2) is 0 Å².